The van der Waals surface area contributed by atoms with Crippen molar-refractivity contribution in [1.29, 1.82) is 0 Å². The molecule has 106 valence electrons. The first-order valence-corrected chi connectivity index (χ1v) is 6.64. The highest BCUT2D eigenvalue weighted by molar-refractivity contribution is 6.18. The highest BCUT2D eigenvalue weighted by Crippen LogP contribution is 2.39. The van der Waals surface area contributed by atoms with Crippen molar-refractivity contribution in [3.63, 3.8) is 0 Å². The third-order valence-corrected chi connectivity index (χ3v) is 4.02. The second-order valence-electron chi connectivity index (χ2n) is 5.60. The summed E-state index contributed by atoms with van der Waals surface area (Å²) in [5.74, 6) is -1.47. The van der Waals surface area contributed by atoms with E-state index >= 15 is 0 Å². The van der Waals surface area contributed by atoms with Crippen LogP contribution in [-0.4, -0.2) is 23.5 Å². The molecule has 1 saturated carbocycles. The highest BCUT2D eigenvalue weighted by Gasteiger charge is 2.42. The van der Waals surface area contributed by atoms with E-state index in [4.69, 9.17) is 11.6 Å². The van der Waals surface area contributed by atoms with Gasteiger partial charge in [-0.25, -0.2) is 0 Å². The topological polar surface area (TPSA) is 29.1 Å². The van der Waals surface area contributed by atoms with Gasteiger partial charge < -0.3 is 5.32 Å². The predicted octanol–water partition coefficient (Wildman–Crippen LogP) is 3.49. The number of carbonyl (C=O) groups excluding carboxylic acids is 1. The Morgan fingerprint density at radius 2 is 1.72 bits per heavy atom. The second-order valence-corrected chi connectivity index (χ2v) is 5.86. The van der Waals surface area contributed by atoms with Crippen molar-refractivity contribution in [2.24, 2.45) is 11.8 Å². The van der Waals surface area contributed by atoms with E-state index in [0.717, 1.165) is 0 Å². The molecule has 0 aromatic rings. The first-order valence-electron chi connectivity index (χ1n) is 6.10. The zero-order valence-corrected chi connectivity index (χ0v) is 11.4. The number of hydrogen-bond acceptors (Lipinski definition) is 1. The van der Waals surface area contributed by atoms with Gasteiger partial charge in [-0.2, -0.15) is 13.2 Å². The standard InChI is InChI=1S/C12H19ClF3NO/c1-11(2,7-13)17-10(18)8-3-5-9(6-4-8)12(14,15)16/h8-9H,3-7H2,1-2H3,(H,17,18). The molecule has 1 fully saturated rings. The molecular formula is C12H19ClF3NO. The van der Waals surface area contributed by atoms with E-state index in [1.807, 2.05) is 0 Å². The Morgan fingerprint density at radius 3 is 2.11 bits per heavy atom. The van der Waals surface area contributed by atoms with Crippen LogP contribution < -0.4 is 5.32 Å². The van der Waals surface area contributed by atoms with Crippen LogP contribution in [0.2, 0.25) is 0 Å². The van der Waals surface area contributed by atoms with Crippen molar-refractivity contribution in [3.8, 4) is 0 Å². The Hall–Kier alpha value is -0.450. The number of amides is 1. The van der Waals surface area contributed by atoms with Crippen LogP contribution in [0.15, 0.2) is 0 Å². The molecule has 2 nitrogen and oxygen atoms in total. The van der Waals surface area contributed by atoms with Crippen molar-refractivity contribution < 1.29 is 18.0 Å². The quantitative estimate of drug-likeness (QED) is 0.790. The van der Waals surface area contributed by atoms with Gasteiger partial charge in [0.25, 0.3) is 0 Å². The minimum atomic E-state index is -4.13. The van der Waals surface area contributed by atoms with Gasteiger partial charge in [0.2, 0.25) is 5.91 Å². The average Bonchev–Trinajstić information content (AvgIpc) is 2.27. The monoisotopic (exact) mass is 285 g/mol. The SMILES string of the molecule is CC(C)(CCl)NC(=O)C1CCC(C(F)(F)F)CC1. The van der Waals surface area contributed by atoms with E-state index in [1.165, 1.54) is 0 Å². The molecule has 0 radical (unpaired) electrons. The van der Waals surface area contributed by atoms with Crippen LogP contribution in [0, 0.1) is 11.8 Å². The van der Waals surface area contributed by atoms with Crippen molar-refractivity contribution in [2.45, 2.75) is 51.2 Å². The summed E-state index contributed by atoms with van der Waals surface area (Å²) in [7, 11) is 0. The molecule has 18 heavy (non-hydrogen) atoms. The third kappa shape index (κ3) is 4.34. The van der Waals surface area contributed by atoms with Gasteiger partial charge >= 0.3 is 6.18 Å². The molecule has 0 aromatic carbocycles. The van der Waals surface area contributed by atoms with Gasteiger partial charge in [-0.3, -0.25) is 4.79 Å². The van der Waals surface area contributed by atoms with Crippen molar-refractivity contribution >= 4 is 17.5 Å². The molecule has 0 aliphatic heterocycles. The fraction of sp³-hybridized carbons (Fsp3) is 0.917. The molecule has 0 spiro atoms. The molecule has 1 N–H and O–H groups in total. The third-order valence-electron chi connectivity index (χ3n) is 3.36. The van der Waals surface area contributed by atoms with E-state index in [0.29, 0.717) is 12.8 Å². The fourth-order valence-corrected chi connectivity index (χ4v) is 2.22. The normalized spacial score (nSPS) is 25.9. The zero-order valence-electron chi connectivity index (χ0n) is 10.6. The first kappa shape index (κ1) is 15.6. The molecule has 1 amide bonds. The van der Waals surface area contributed by atoms with Gasteiger partial charge in [-0.1, -0.05) is 0 Å². The number of alkyl halides is 4. The summed E-state index contributed by atoms with van der Waals surface area (Å²) in [6, 6.07) is 0. The highest BCUT2D eigenvalue weighted by atomic mass is 35.5. The summed E-state index contributed by atoms with van der Waals surface area (Å²) in [6.07, 6.45) is -3.44. The largest absolute Gasteiger partial charge is 0.391 e. The summed E-state index contributed by atoms with van der Waals surface area (Å²) >= 11 is 5.70. The average molecular weight is 286 g/mol. The van der Waals surface area contributed by atoms with E-state index in [2.05, 4.69) is 5.32 Å². The van der Waals surface area contributed by atoms with E-state index < -0.39 is 17.6 Å². The number of hydrogen-bond donors (Lipinski definition) is 1. The molecule has 6 heteroatoms. The predicted molar refractivity (Wildman–Crippen MR) is 64.4 cm³/mol. The van der Waals surface area contributed by atoms with Gasteiger partial charge in [-0.15, -0.1) is 11.6 Å². The number of nitrogens with one attached hydrogen (secondary N) is 1. The second kappa shape index (κ2) is 5.68. The van der Waals surface area contributed by atoms with Crippen LogP contribution in [-0.2, 0) is 4.79 Å². The maximum absolute atomic E-state index is 12.5. The van der Waals surface area contributed by atoms with Gasteiger partial charge in [0.1, 0.15) is 0 Å². The van der Waals surface area contributed by atoms with Crippen LogP contribution in [0.25, 0.3) is 0 Å². The van der Waals surface area contributed by atoms with Crippen LogP contribution in [0.1, 0.15) is 39.5 Å². The Kier molecular flexibility index (Phi) is 4.92. The lowest BCUT2D eigenvalue weighted by atomic mass is 9.81. The molecule has 1 aliphatic rings. The van der Waals surface area contributed by atoms with E-state index in [9.17, 15) is 18.0 Å². The Labute approximate surface area is 110 Å². The van der Waals surface area contributed by atoms with Crippen molar-refractivity contribution in [2.75, 3.05) is 5.88 Å². The summed E-state index contributed by atoms with van der Waals surface area (Å²) in [4.78, 5) is 11.9. The number of carbonyl (C=O) groups is 1. The lowest BCUT2D eigenvalue weighted by Gasteiger charge is -2.32. The summed E-state index contributed by atoms with van der Waals surface area (Å²) in [5.41, 5.74) is -0.514. The number of halogens is 4. The van der Waals surface area contributed by atoms with E-state index in [-0.39, 0.29) is 30.5 Å². The van der Waals surface area contributed by atoms with Gasteiger partial charge in [-0.05, 0) is 39.5 Å². The van der Waals surface area contributed by atoms with Crippen LogP contribution in [0.4, 0.5) is 13.2 Å². The molecular weight excluding hydrogens is 267 g/mol. The van der Waals surface area contributed by atoms with Crippen LogP contribution in [0.3, 0.4) is 0 Å². The smallest absolute Gasteiger partial charge is 0.350 e. The minimum Gasteiger partial charge on any atom is -0.350 e. The molecule has 1 rings (SSSR count). The maximum atomic E-state index is 12.5. The Morgan fingerprint density at radius 1 is 1.22 bits per heavy atom. The summed E-state index contributed by atoms with van der Waals surface area (Å²) in [5, 5.41) is 2.78. The maximum Gasteiger partial charge on any atom is 0.391 e. The molecule has 0 saturated heterocycles. The van der Waals surface area contributed by atoms with Gasteiger partial charge in [0, 0.05) is 17.3 Å². The van der Waals surface area contributed by atoms with Crippen LogP contribution >= 0.6 is 11.6 Å². The lowest BCUT2D eigenvalue weighted by molar-refractivity contribution is -0.184. The molecule has 0 bridgehead atoms. The molecule has 0 heterocycles. The Bertz CT molecular complexity index is 296. The molecule has 0 aromatic heterocycles. The zero-order chi connectivity index (χ0) is 14.0. The molecule has 1 aliphatic carbocycles. The molecule has 0 unspecified atom stereocenters. The number of rotatable bonds is 3. The van der Waals surface area contributed by atoms with Crippen LogP contribution in [0.5, 0.6) is 0 Å². The summed E-state index contributed by atoms with van der Waals surface area (Å²) < 4.78 is 37.4. The van der Waals surface area contributed by atoms with Gasteiger partial charge in [0.05, 0.1) is 5.92 Å². The fourth-order valence-electron chi connectivity index (χ4n) is 2.15. The van der Waals surface area contributed by atoms with E-state index in [1.54, 1.807) is 13.8 Å². The van der Waals surface area contributed by atoms with Crippen molar-refractivity contribution in [3.05, 3.63) is 0 Å². The van der Waals surface area contributed by atoms with Gasteiger partial charge in [0.15, 0.2) is 0 Å². The lowest BCUT2D eigenvalue weighted by Crippen LogP contribution is -2.48. The Balaban J connectivity index is 2.46. The first-order chi connectivity index (χ1) is 8.15. The minimum absolute atomic E-state index is 0.0445. The summed E-state index contributed by atoms with van der Waals surface area (Å²) in [6.45, 7) is 3.58. The van der Waals surface area contributed by atoms with Crippen molar-refractivity contribution in [1.82, 2.24) is 5.32 Å². The molecule has 0 atom stereocenters.